The zero-order valence-corrected chi connectivity index (χ0v) is 8.62. The van der Waals surface area contributed by atoms with Gasteiger partial charge in [0.25, 0.3) is 0 Å². The van der Waals surface area contributed by atoms with Gasteiger partial charge in [0.1, 0.15) is 11.5 Å². The molecule has 1 aromatic carbocycles. The molecule has 0 saturated carbocycles. The number of hydrogen-bond donors (Lipinski definition) is 0. The van der Waals surface area contributed by atoms with Crippen molar-refractivity contribution in [2.24, 2.45) is 0 Å². The number of aryl methyl sites for hydroxylation is 1. The van der Waals surface area contributed by atoms with Gasteiger partial charge < -0.3 is 4.74 Å². The predicted molar refractivity (Wildman–Crippen MR) is 58.4 cm³/mol. The summed E-state index contributed by atoms with van der Waals surface area (Å²) in [5, 5.41) is 0. The van der Waals surface area contributed by atoms with Crippen LogP contribution in [0.5, 0.6) is 5.75 Å². The molecule has 0 fully saturated rings. The lowest BCUT2D eigenvalue weighted by atomic mass is 10.1. The molecule has 0 N–H and O–H groups in total. The van der Waals surface area contributed by atoms with Crippen LogP contribution in [0, 0.1) is 6.92 Å². The van der Waals surface area contributed by atoms with Gasteiger partial charge in [-0.2, -0.15) is 0 Å². The predicted octanol–water partition coefficient (Wildman–Crippen LogP) is 3.83. The Morgan fingerprint density at radius 1 is 1.14 bits per heavy atom. The molecular formula is C13H16O. The Morgan fingerprint density at radius 3 is 2.71 bits per heavy atom. The van der Waals surface area contributed by atoms with Crippen molar-refractivity contribution < 1.29 is 4.74 Å². The van der Waals surface area contributed by atoms with Gasteiger partial charge in [-0.25, -0.2) is 0 Å². The maximum atomic E-state index is 5.85. The first-order chi connectivity index (χ1) is 6.86. The minimum atomic E-state index is 1.00. The van der Waals surface area contributed by atoms with E-state index >= 15 is 0 Å². The van der Waals surface area contributed by atoms with Crippen LogP contribution in [0.1, 0.15) is 31.2 Å². The summed E-state index contributed by atoms with van der Waals surface area (Å²) in [6.07, 6.45) is 7.05. The highest BCUT2D eigenvalue weighted by Crippen LogP contribution is 2.24. The second-order valence-corrected chi connectivity index (χ2v) is 3.78. The standard InChI is InChI=1S/C13H16O/c1-11-7-5-6-10-13(11)14-12-8-3-2-4-9-12/h5-8,10H,2-4,9H2,1H3. The molecule has 0 atom stereocenters. The zero-order chi connectivity index (χ0) is 9.80. The molecule has 0 spiro atoms. The van der Waals surface area contributed by atoms with E-state index in [1.807, 2.05) is 18.2 Å². The van der Waals surface area contributed by atoms with Gasteiger partial charge in [0.05, 0.1) is 0 Å². The Kier molecular flexibility index (Phi) is 2.87. The summed E-state index contributed by atoms with van der Waals surface area (Å²) in [5.41, 5.74) is 1.21. The van der Waals surface area contributed by atoms with Crippen molar-refractivity contribution in [2.45, 2.75) is 32.6 Å². The van der Waals surface area contributed by atoms with Gasteiger partial charge in [0, 0.05) is 6.42 Å². The van der Waals surface area contributed by atoms with E-state index in [0.717, 1.165) is 17.9 Å². The summed E-state index contributed by atoms with van der Waals surface area (Å²) < 4.78 is 5.85. The molecule has 2 rings (SSSR count). The van der Waals surface area contributed by atoms with Gasteiger partial charge in [-0.1, -0.05) is 18.2 Å². The fourth-order valence-electron chi connectivity index (χ4n) is 1.71. The number of allylic oxidation sites excluding steroid dienone is 2. The van der Waals surface area contributed by atoms with Crippen LogP contribution in [-0.4, -0.2) is 0 Å². The van der Waals surface area contributed by atoms with Gasteiger partial charge in [0.2, 0.25) is 0 Å². The summed E-state index contributed by atoms with van der Waals surface area (Å²) in [6.45, 7) is 2.08. The average Bonchev–Trinajstić information content (AvgIpc) is 2.23. The van der Waals surface area contributed by atoms with Crippen molar-refractivity contribution in [2.75, 3.05) is 0 Å². The van der Waals surface area contributed by atoms with E-state index in [-0.39, 0.29) is 0 Å². The Bertz CT molecular complexity index is 339. The molecule has 1 heteroatoms. The molecule has 1 nitrogen and oxygen atoms in total. The van der Waals surface area contributed by atoms with E-state index in [9.17, 15) is 0 Å². The van der Waals surface area contributed by atoms with Crippen LogP contribution in [0.2, 0.25) is 0 Å². The molecule has 0 saturated heterocycles. The van der Waals surface area contributed by atoms with E-state index in [4.69, 9.17) is 4.74 Å². The Labute approximate surface area is 85.4 Å². The smallest absolute Gasteiger partial charge is 0.129 e. The molecule has 0 unspecified atom stereocenters. The first-order valence-electron chi connectivity index (χ1n) is 5.29. The first kappa shape index (κ1) is 9.32. The van der Waals surface area contributed by atoms with Gasteiger partial charge in [-0.3, -0.25) is 0 Å². The molecule has 1 aliphatic carbocycles. The Morgan fingerprint density at radius 2 is 2.00 bits per heavy atom. The van der Waals surface area contributed by atoms with E-state index in [2.05, 4.69) is 19.1 Å². The van der Waals surface area contributed by atoms with Crippen molar-refractivity contribution in [1.82, 2.24) is 0 Å². The molecule has 0 radical (unpaired) electrons. The van der Waals surface area contributed by atoms with Crippen molar-refractivity contribution in [3.8, 4) is 5.75 Å². The SMILES string of the molecule is Cc1ccccc1OC1=CCCCC1. The molecule has 1 aliphatic rings. The van der Waals surface area contributed by atoms with Crippen LogP contribution in [-0.2, 0) is 0 Å². The van der Waals surface area contributed by atoms with Gasteiger partial charge in [0.15, 0.2) is 0 Å². The Hall–Kier alpha value is -1.24. The molecule has 0 aliphatic heterocycles. The molecule has 1 aromatic rings. The maximum absolute atomic E-state index is 5.85. The molecular weight excluding hydrogens is 172 g/mol. The topological polar surface area (TPSA) is 9.23 Å². The van der Waals surface area contributed by atoms with Gasteiger partial charge >= 0.3 is 0 Å². The molecule has 74 valence electrons. The molecule has 0 heterocycles. The lowest BCUT2D eigenvalue weighted by Gasteiger charge is -2.15. The second-order valence-electron chi connectivity index (χ2n) is 3.78. The highest BCUT2D eigenvalue weighted by Gasteiger charge is 2.06. The summed E-state index contributed by atoms with van der Waals surface area (Å²) in [7, 11) is 0. The number of hydrogen-bond acceptors (Lipinski definition) is 1. The molecule has 14 heavy (non-hydrogen) atoms. The minimum Gasteiger partial charge on any atom is -0.462 e. The Balaban J connectivity index is 2.10. The van der Waals surface area contributed by atoms with E-state index in [1.165, 1.54) is 24.8 Å². The van der Waals surface area contributed by atoms with Crippen molar-refractivity contribution >= 4 is 0 Å². The quantitative estimate of drug-likeness (QED) is 0.685. The monoisotopic (exact) mass is 188 g/mol. The third-order valence-electron chi connectivity index (χ3n) is 2.58. The normalized spacial score (nSPS) is 16.2. The number of para-hydroxylation sites is 1. The average molecular weight is 188 g/mol. The highest BCUT2D eigenvalue weighted by atomic mass is 16.5. The molecule has 0 amide bonds. The van der Waals surface area contributed by atoms with Gasteiger partial charge in [-0.15, -0.1) is 0 Å². The molecule has 0 aromatic heterocycles. The van der Waals surface area contributed by atoms with Gasteiger partial charge in [-0.05, 0) is 43.9 Å². The van der Waals surface area contributed by atoms with Crippen LogP contribution in [0.4, 0.5) is 0 Å². The third kappa shape index (κ3) is 2.16. The number of benzene rings is 1. The van der Waals surface area contributed by atoms with Crippen LogP contribution >= 0.6 is 0 Å². The fraction of sp³-hybridized carbons (Fsp3) is 0.385. The fourth-order valence-corrected chi connectivity index (χ4v) is 1.71. The van der Waals surface area contributed by atoms with Crippen LogP contribution in [0.15, 0.2) is 36.1 Å². The van der Waals surface area contributed by atoms with E-state index < -0.39 is 0 Å². The summed E-state index contributed by atoms with van der Waals surface area (Å²) in [4.78, 5) is 0. The molecule has 0 bridgehead atoms. The second kappa shape index (κ2) is 4.32. The van der Waals surface area contributed by atoms with E-state index in [0.29, 0.717) is 0 Å². The summed E-state index contributed by atoms with van der Waals surface area (Å²) >= 11 is 0. The largest absolute Gasteiger partial charge is 0.462 e. The number of rotatable bonds is 2. The lowest BCUT2D eigenvalue weighted by molar-refractivity contribution is 0.381. The summed E-state index contributed by atoms with van der Waals surface area (Å²) in [5.74, 6) is 2.14. The zero-order valence-electron chi connectivity index (χ0n) is 8.62. The number of ether oxygens (including phenoxy) is 1. The third-order valence-corrected chi connectivity index (χ3v) is 2.58. The van der Waals surface area contributed by atoms with Crippen LogP contribution in [0.25, 0.3) is 0 Å². The summed E-state index contributed by atoms with van der Waals surface area (Å²) in [6, 6.07) is 8.17. The van der Waals surface area contributed by atoms with Crippen LogP contribution in [0.3, 0.4) is 0 Å². The first-order valence-corrected chi connectivity index (χ1v) is 5.29. The van der Waals surface area contributed by atoms with Crippen LogP contribution < -0.4 is 4.74 Å². The van der Waals surface area contributed by atoms with Crippen molar-refractivity contribution in [3.63, 3.8) is 0 Å². The highest BCUT2D eigenvalue weighted by molar-refractivity contribution is 5.33. The lowest BCUT2D eigenvalue weighted by Crippen LogP contribution is -2.00. The van der Waals surface area contributed by atoms with Crippen molar-refractivity contribution in [1.29, 1.82) is 0 Å². The minimum absolute atomic E-state index is 1.00. The maximum Gasteiger partial charge on any atom is 0.129 e. The van der Waals surface area contributed by atoms with E-state index in [1.54, 1.807) is 0 Å². The van der Waals surface area contributed by atoms with Crippen molar-refractivity contribution in [3.05, 3.63) is 41.7 Å².